The van der Waals surface area contributed by atoms with Crippen LogP contribution in [0.15, 0.2) is 75.0 Å². The number of hydrogen-bond donors (Lipinski definition) is 0. The summed E-state index contributed by atoms with van der Waals surface area (Å²) >= 11 is 6.62. The molecule has 0 saturated carbocycles. The maximum Gasteiger partial charge on any atom is 0.282 e. The largest absolute Gasteiger partial charge is 0.496 e. The number of aromatic nitrogens is 2. The summed E-state index contributed by atoms with van der Waals surface area (Å²) in [4.78, 5) is 18.4. The van der Waals surface area contributed by atoms with E-state index in [1.807, 2.05) is 31.2 Å². The minimum Gasteiger partial charge on any atom is -0.496 e. The van der Waals surface area contributed by atoms with E-state index in [1.165, 1.54) is 10.9 Å². The zero-order chi connectivity index (χ0) is 28.4. The number of hydrogen-bond acceptors (Lipinski definition) is 7. The quantitative estimate of drug-likeness (QED) is 0.187. The van der Waals surface area contributed by atoms with E-state index in [9.17, 15) is 4.79 Å². The maximum absolute atomic E-state index is 13.6. The molecule has 3 aromatic carbocycles. The van der Waals surface area contributed by atoms with Gasteiger partial charge in [0, 0.05) is 0 Å². The molecule has 8 nitrogen and oxygen atoms in total. The maximum atomic E-state index is 13.6. The molecule has 0 radical (unpaired) electrons. The molecule has 2 aromatic heterocycles. The van der Waals surface area contributed by atoms with Crippen LogP contribution in [0, 0.1) is 5.41 Å². The van der Waals surface area contributed by atoms with Crippen LogP contribution in [0.3, 0.4) is 0 Å². The fourth-order valence-electron chi connectivity index (χ4n) is 4.19. The summed E-state index contributed by atoms with van der Waals surface area (Å²) in [7, 11) is 1.59. The second-order valence-corrected chi connectivity index (χ2v) is 10.8. The van der Waals surface area contributed by atoms with Crippen molar-refractivity contribution < 1.29 is 18.6 Å². The van der Waals surface area contributed by atoms with E-state index in [2.05, 4.69) is 25.9 Å². The second-order valence-electron chi connectivity index (χ2n) is 10.4. The van der Waals surface area contributed by atoms with Crippen molar-refractivity contribution in [3.8, 4) is 28.8 Å². The lowest BCUT2D eigenvalue weighted by Gasteiger charge is -2.21. The van der Waals surface area contributed by atoms with E-state index in [1.54, 1.807) is 43.5 Å². The van der Waals surface area contributed by atoms with Crippen LogP contribution in [-0.2, 0) is 0 Å². The molecule has 0 aliphatic rings. The van der Waals surface area contributed by atoms with Crippen molar-refractivity contribution >= 4 is 39.7 Å². The molecule has 0 unspecified atom stereocenters. The first-order chi connectivity index (χ1) is 19.2. The van der Waals surface area contributed by atoms with E-state index < -0.39 is 0 Å². The Kier molecular flexibility index (Phi) is 7.54. The highest BCUT2D eigenvalue weighted by molar-refractivity contribution is 6.32. The van der Waals surface area contributed by atoms with Crippen molar-refractivity contribution in [2.75, 3.05) is 20.3 Å². The first-order valence-electron chi connectivity index (χ1n) is 12.9. The van der Waals surface area contributed by atoms with Crippen molar-refractivity contribution in [2.24, 2.45) is 10.5 Å². The van der Waals surface area contributed by atoms with Gasteiger partial charge >= 0.3 is 0 Å². The summed E-state index contributed by atoms with van der Waals surface area (Å²) in [6.45, 7) is 9.01. The number of para-hydroxylation sites is 1. The van der Waals surface area contributed by atoms with E-state index in [-0.39, 0.29) is 16.8 Å². The smallest absolute Gasteiger partial charge is 0.282 e. The molecule has 5 aromatic rings. The van der Waals surface area contributed by atoms with Crippen LogP contribution >= 0.6 is 11.6 Å². The number of benzene rings is 3. The van der Waals surface area contributed by atoms with E-state index in [0.29, 0.717) is 63.3 Å². The number of methoxy groups -OCH3 is 1. The first kappa shape index (κ1) is 27.3. The van der Waals surface area contributed by atoms with Gasteiger partial charge in [-0.25, -0.2) is 4.98 Å². The molecular weight excluding hydrogens is 530 g/mol. The summed E-state index contributed by atoms with van der Waals surface area (Å²) in [6, 6.07) is 17.9. The highest BCUT2D eigenvalue weighted by Crippen LogP contribution is 2.37. The number of nitrogens with zero attached hydrogens (tertiary/aromatic N) is 3. The van der Waals surface area contributed by atoms with Gasteiger partial charge in [-0.15, -0.1) is 0 Å². The van der Waals surface area contributed by atoms with Crippen LogP contribution in [0.1, 0.15) is 33.3 Å². The Bertz CT molecular complexity index is 1780. The Balaban J connectivity index is 1.63. The third kappa shape index (κ3) is 5.53. The average Bonchev–Trinajstić information content (AvgIpc) is 3.36. The van der Waals surface area contributed by atoms with E-state index >= 15 is 0 Å². The lowest BCUT2D eigenvalue weighted by molar-refractivity contribution is 0.189. The molecule has 2 heterocycles. The second kappa shape index (κ2) is 11.1. The SMILES string of the molecule is CCOc1cc(C=Nn2c(-c3cc4c(OC)cccc4o3)nc3ccccc3c2=O)cc(Cl)c1OCC(C)(C)C. The molecule has 0 amide bonds. The van der Waals surface area contributed by atoms with Crippen molar-refractivity contribution in [2.45, 2.75) is 27.7 Å². The molecule has 40 heavy (non-hydrogen) atoms. The summed E-state index contributed by atoms with van der Waals surface area (Å²) in [5, 5.41) is 6.11. The number of rotatable bonds is 8. The van der Waals surface area contributed by atoms with Gasteiger partial charge in [0.2, 0.25) is 5.82 Å². The number of furan rings is 1. The molecule has 0 aliphatic heterocycles. The highest BCUT2D eigenvalue weighted by Gasteiger charge is 2.19. The van der Waals surface area contributed by atoms with Gasteiger partial charge < -0.3 is 18.6 Å². The van der Waals surface area contributed by atoms with Crippen molar-refractivity contribution in [3.63, 3.8) is 0 Å². The third-order valence-electron chi connectivity index (χ3n) is 6.02. The van der Waals surface area contributed by atoms with Gasteiger partial charge in [0.15, 0.2) is 17.3 Å². The van der Waals surface area contributed by atoms with Crippen LogP contribution in [0.5, 0.6) is 17.2 Å². The lowest BCUT2D eigenvalue weighted by atomic mass is 9.99. The standard InChI is InChI=1S/C31H30ClN3O5/c1-6-38-26-15-19(14-22(32)28(26)39-18-31(2,3)4)17-33-35-29(34-23-11-8-7-10-20(23)30(35)36)27-16-21-24(37-5)12-9-13-25(21)40-27/h7-17H,6,18H2,1-5H3. The predicted molar refractivity (Wildman–Crippen MR) is 158 cm³/mol. The zero-order valence-electron chi connectivity index (χ0n) is 23.0. The van der Waals surface area contributed by atoms with Gasteiger partial charge in [-0.05, 0) is 60.4 Å². The number of halogens is 1. The van der Waals surface area contributed by atoms with Crippen molar-refractivity contribution in [1.82, 2.24) is 9.66 Å². The van der Waals surface area contributed by atoms with Crippen molar-refractivity contribution in [1.29, 1.82) is 0 Å². The highest BCUT2D eigenvalue weighted by atomic mass is 35.5. The monoisotopic (exact) mass is 559 g/mol. The molecule has 206 valence electrons. The fourth-order valence-corrected chi connectivity index (χ4v) is 4.46. The summed E-state index contributed by atoms with van der Waals surface area (Å²) in [5.41, 5.74) is 1.35. The summed E-state index contributed by atoms with van der Waals surface area (Å²) in [6.07, 6.45) is 1.53. The van der Waals surface area contributed by atoms with Gasteiger partial charge in [-0.1, -0.05) is 50.6 Å². The first-order valence-corrected chi connectivity index (χ1v) is 13.3. The van der Waals surface area contributed by atoms with Gasteiger partial charge in [0.1, 0.15) is 11.3 Å². The number of ether oxygens (including phenoxy) is 3. The Morgan fingerprint density at radius 2 is 1.82 bits per heavy atom. The van der Waals surface area contributed by atoms with Crippen LogP contribution in [-0.4, -0.2) is 36.2 Å². The Labute approximate surface area is 236 Å². The molecule has 0 aliphatic carbocycles. The van der Waals surface area contributed by atoms with Gasteiger partial charge in [0.05, 0.1) is 47.8 Å². The van der Waals surface area contributed by atoms with Crippen LogP contribution in [0.2, 0.25) is 5.02 Å². The Morgan fingerprint density at radius 3 is 2.58 bits per heavy atom. The molecule has 0 bridgehead atoms. The van der Waals surface area contributed by atoms with E-state index in [0.717, 1.165) is 5.39 Å². The normalized spacial score (nSPS) is 11.9. The molecule has 0 atom stereocenters. The minimum absolute atomic E-state index is 0.0612. The fraction of sp³-hybridized carbons (Fsp3) is 0.258. The van der Waals surface area contributed by atoms with Gasteiger partial charge in [-0.3, -0.25) is 4.79 Å². The minimum atomic E-state index is -0.342. The molecule has 5 rings (SSSR count). The predicted octanol–water partition coefficient (Wildman–Crippen LogP) is 7.18. The molecule has 0 N–H and O–H groups in total. The number of fused-ring (bicyclic) bond motifs is 2. The summed E-state index contributed by atoms with van der Waals surface area (Å²) in [5.74, 6) is 2.24. The Hall–Kier alpha value is -4.30. The molecule has 9 heteroatoms. The molecular formula is C31H30ClN3O5. The van der Waals surface area contributed by atoms with Gasteiger partial charge in [0.25, 0.3) is 5.56 Å². The average molecular weight is 560 g/mol. The third-order valence-corrected chi connectivity index (χ3v) is 6.30. The zero-order valence-corrected chi connectivity index (χ0v) is 23.8. The summed E-state index contributed by atoms with van der Waals surface area (Å²) < 4.78 is 24.6. The molecule has 0 spiro atoms. The van der Waals surface area contributed by atoms with Crippen LogP contribution < -0.4 is 19.8 Å². The van der Waals surface area contributed by atoms with Gasteiger partial charge in [-0.2, -0.15) is 9.78 Å². The van der Waals surface area contributed by atoms with E-state index in [4.69, 9.17) is 35.2 Å². The van der Waals surface area contributed by atoms with Crippen molar-refractivity contribution in [3.05, 3.63) is 81.6 Å². The van der Waals surface area contributed by atoms with Crippen LogP contribution in [0.4, 0.5) is 0 Å². The Morgan fingerprint density at radius 1 is 1.02 bits per heavy atom. The van der Waals surface area contributed by atoms with Crippen LogP contribution in [0.25, 0.3) is 33.5 Å². The topological polar surface area (TPSA) is 88.1 Å². The molecule has 0 saturated heterocycles. The lowest BCUT2D eigenvalue weighted by Crippen LogP contribution is -2.20. The molecule has 0 fully saturated rings.